The molecule has 0 spiro atoms. The summed E-state index contributed by atoms with van der Waals surface area (Å²) in [5.74, 6) is 0.661. The van der Waals surface area contributed by atoms with Crippen LogP contribution in [0.2, 0.25) is 0 Å². The van der Waals surface area contributed by atoms with Crippen LogP contribution in [0.5, 0.6) is 0 Å². The SMILES string of the molecule is Cc1cccc(-c2nc(CC(=O)NCCC(C)C)cs2)c1. The third-order valence-corrected chi connectivity index (χ3v) is 4.14. The van der Waals surface area contributed by atoms with Gasteiger partial charge in [-0.1, -0.05) is 37.6 Å². The summed E-state index contributed by atoms with van der Waals surface area (Å²) in [4.78, 5) is 16.4. The molecule has 0 fully saturated rings. The quantitative estimate of drug-likeness (QED) is 0.881. The fourth-order valence-electron chi connectivity index (χ4n) is 2.03. The van der Waals surface area contributed by atoms with Gasteiger partial charge in [0.1, 0.15) is 5.01 Å². The first-order valence-electron chi connectivity index (χ1n) is 7.32. The summed E-state index contributed by atoms with van der Waals surface area (Å²) in [5, 5.41) is 5.89. The summed E-state index contributed by atoms with van der Waals surface area (Å²) < 4.78 is 0. The Morgan fingerprint density at radius 2 is 2.19 bits per heavy atom. The van der Waals surface area contributed by atoms with Gasteiger partial charge in [-0.15, -0.1) is 11.3 Å². The van der Waals surface area contributed by atoms with Gasteiger partial charge in [0.2, 0.25) is 5.91 Å². The lowest BCUT2D eigenvalue weighted by Crippen LogP contribution is -2.26. The number of benzene rings is 1. The normalized spacial score (nSPS) is 10.9. The second kappa shape index (κ2) is 7.36. The van der Waals surface area contributed by atoms with Crippen molar-refractivity contribution in [3.8, 4) is 10.6 Å². The summed E-state index contributed by atoms with van der Waals surface area (Å²) in [6.45, 7) is 7.12. The first-order valence-corrected chi connectivity index (χ1v) is 8.20. The van der Waals surface area contributed by atoms with Crippen molar-refractivity contribution < 1.29 is 4.79 Å². The van der Waals surface area contributed by atoms with Gasteiger partial charge >= 0.3 is 0 Å². The summed E-state index contributed by atoms with van der Waals surface area (Å²) in [7, 11) is 0. The number of carbonyl (C=O) groups is 1. The van der Waals surface area contributed by atoms with E-state index in [1.165, 1.54) is 5.56 Å². The van der Waals surface area contributed by atoms with Gasteiger partial charge in [0.25, 0.3) is 0 Å². The highest BCUT2D eigenvalue weighted by Crippen LogP contribution is 2.24. The van der Waals surface area contributed by atoms with E-state index in [-0.39, 0.29) is 5.91 Å². The number of nitrogens with zero attached hydrogens (tertiary/aromatic N) is 1. The van der Waals surface area contributed by atoms with Crippen molar-refractivity contribution in [1.82, 2.24) is 10.3 Å². The monoisotopic (exact) mass is 302 g/mol. The number of aryl methyl sites for hydroxylation is 1. The molecule has 0 aliphatic rings. The van der Waals surface area contributed by atoms with Crippen LogP contribution in [0.3, 0.4) is 0 Å². The first-order chi connectivity index (χ1) is 10.0. The van der Waals surface area contributed by atoms with Gasteiger partial charge in [-0.25, -0.2) is 4.98 Å². The number of rotatable bonds is 6. The molecule has 4 heteroatoms. The molecule has 3 nitrogen and oxygen atoms in total. The van der Waals surface area contributed by atoms with Crippen molar-refractivity contribution in [1.29, 1.82) is 0 Å². The molecule has 1 amide bonds. The molecule has 21 heavy (non-hydrogen) atoms. The molecule has 2 aromatic rings. The summed E-state index contributed by atoms with van der Waals surface area (Å²) in [6, 6.07) is 8.27. The van der Waals surface area contributed by atoms with Crippen molar-refractivity contribution in [2.75, 3.05) is 6.54 Å². The zero-order valence-electron chi connectivity index (χ0n) is 12.8. The maximum atomic E-state index is 11.8. The number of hydrogen-bond acceptors (Lipinski definition) is 3. The predicted molar refractivity (Wildman–Crippen MR) is 88.5 cm³/mol. The summed E-state index contributed by atoms with van der Waals surface area (Å²) in [6.07, 6.45) is 1.37. The molecule has 0 aliphatic carbocycles. The molecule has 0 aliphatic heterocycles. The Hall–Kier alpha value is -1.68. The Morgan fingerprint density at radius 3 is 2.90 bits per heavy atom. The van der Waals surface area contributed by atoms with E-state index in [2.05, 4.69) is 49.3 Å². The highest BCUT2D eigenvalue weighted by Gasteiger charge is 2.09. The fraction of sp³-hybridized carbons (Fsp3) is 0.412. The highest BCUT2D eigenvalue weighted by atomic mass is 32.1. The van der Waals surface area contributed by atoms with Crippen LogP contribution >= 0.6 is 11.3 Å². The number of nitrogens with one attached hydrogen (secondary N) is 1. The van der Waals surface area contributed by atoms with Crippen LogP contribution in [-0.4, -0.2) is 17.4 Å². The van der Waals surface area contributed by atoms with Crippen LogP contribution < -0.4 is 5.32 Å². The Morgan fingerprint density at radius 1 is 1.38 bits per heavy atom. The van der Waals surface area contributed by atoms with Crippen molar-refractivity contribution in [2.24, 2.45) is 5.92 Å². The third-order valence-electron chi connectivity index (χ3n) is 3.20. The van der Waals surface area contributed by atoms with Crippen molar-refractivity contribution in [2.45, 2.75) is 33.6 Å². The molecule has 0 saturated carbocycles. The average molecular weight is 302 g/mol. The molecule has 0 unspecified atom stereocenters. The van der Waals surface area contributed by atoms with E-state index in [1.807, 2.05) is 11.4 Å². The van der Waals surface area contributed by atoms with Crippen LogP contribution in [-0.2, 0) is 11.2 Å². The summed E-state index contributed by atoms with van der Waals surface area (Å²) in [5.41, 5.74) is 3.18. The van der Waals surface area contributed by atoms with Gasteiger partial charge in [-0.3, -0.25) is 4.79 Å². The van der Waals surface area contributed by atoms with E-state index < -0.39 is 0 Å². The smallest absolute Gasteiger partial charge is 0.226 e. The molecule has 0 atom stereocenters. The minimum Gasteiger partial charge on any atom is -0.356 e. The van der Waals surface area contributed by atoms with Gasteiger partial charge in [0.05, 0.1) is 12.1 Å². The number of carbonyl (C=O) groups excluding carboxylic acids is 1. The van der Waals surface area contributed by atoms with Gasteiger partial charge in [-0.2, -0.15) is 0 Å². The van der Waals surface area contributed by atoms with E-state index in [0.29, 0.717) is 12.3 Å². The van der Waals surface area contributed by atoms with Crippen LogP contribution in [0.15, 0.2) is 29.6 Å². The van der Waals surface area contributed by atoms with Crippen LogP contribution in [0.1, 0.15) is 31.5 Å². The van der Waals surface area contributed by atoms with E-state index in [9.17, 15) is 4.79 Å². The second-order valence-electron chi connectivity index (χ2n) is 5.72. The van der Waals surface area contributed by atoms with E-state index in [4.69, 9.17) is 0 Å². The Balaban J connectivity index is 1.93. The Bertz CT molecular complexity index is 604. The zero-order valence-corrected chi connectivity index (χ0v) is 13.7. The standard InChI is InChI=1S/C17H22N2OS/c1-12(2)7-8-18-16(20)10-15-11-21-17(19-15)14-6-4-5-13(3)9-14/h4-6,9,11-12H,7-8,10H2,1-3H3,(H,18,20). The Kier molecular flexibility index (Phi) is 5.51. The van der Waals surface area contributed by atoms with Gasteiger partial charge in [-0.05, 0) is 25.3 Å². The molecule has 0 saturated heterocycles. The Labute approximate surface area is 130 Å². The lowest BCUT2D eigenvalue weighted by atomic mass is 10.1. The molecule has 0 radical (unpaired) electrons. The molecule has 1 aromatic carbocycles. The van der Waals surface area contributed by atoms with Gasteiger partial charge in [0, 0.05) is 17.5 Å². The zero-order chi connectivity index (χ0) is 15.2. The van der Waals surface area contributed by atoms with E-state index in [1.54, 1.807) is 11.3 Å². The van der Waals surface area contributed by atoms with Crippen LogP contribution in [0, 0.1) is 12.8 Å². The lowest BCUT2D eigenvalue weighted by Gasteiger charge is -2.06. The van der Waals surface area contributed by atoms with Crippen LogP contribution in [0.4, 0.5) is 0 Å². The molecular weight excluding hydrogens is 280 g/mol. The molecule has 0 bridgehead atoms. The first kappa shape index (κ1) is 15.7. The number of aromatic nitrogens is 1. The second-order valence-corrected chi connectivity index (χ2v) is 6.58. The summed E-state index contributed by atoms with van der Waals surface area (Å²) >= 11 is 1.59. The molecule has 112 valence electrons. The fourth-order valence-corrected chi connectivity index (χ4v) is 2.84. The van der Waals surface area contributed by atoms with E-state index >= 15 is 0 Å². The third kappa shape index (κ3) is 4.97. The maximum absolute atomic E-state index is 11.8. The highest BCUT2D eigenvalue weighted by molar-refractivity contribution is 7.13. The van der Waals surface area contributed by atoms with Crippen molar-refractivity contribution in [3.05, 3.63) is 40.9 Å². The van der Waals surface area contributed by atoms with Gasteiger partial charge < -0.3 is 5.32 Å². The minimum absolute atomic E-state index is 0.0525. The molecular formula is C17H22N2OS. The number of hydrogen-bond donors (Lipinski definition) is 1. The molecule has 1 N–H and O–H groups in total. The van der Waals surface area contributed by atoms with Crippen molar-refractivity contribution in [3.63, 3.8) is 0 Å². The predicted octanol–water partition coefficient (Wildman–Crippen LogP) is 3.82. The van der Waals surface area contributed by atoms with Crippen LogP contribution in [0.25, 0.3) is 10.6 Å². The average Bonchev–Trinajstić information content (AvgIpc) is 2.86. The number of amides is 1. The molecule has 1 heterocycles. The van der Waals surface area contributed by atoms with Crippen molar-refractivity contribution >= 4 is 17.2 Å². The topological polar surface area (TPSA) is 42.0 Å². The molecule has 1 aromatic heterocycles. The minimum atomic E-state index is 0.0525. The number of thiazole rings is 1. The van der Waals surface area contributed by atoms with Gasteiger partial charge in [0.15, 0.2) is 0 Å². The molecule has 2 rings (SSSR count). The largest absolute Gasteiger partial charge is 0.356 e. The van der Waals surface area contributed by atoms with E-state index in [0.717, 1.165) is 29.2 Å². The maximum Gasteiger partial charge on any atom is 0.226 e. The lowest BCUT2D eigenvalue weighted by molar-refractivity contribution is -0.120.